The summed E-state index contributed by atoms with van der Waals surface area (Å²) >= 11 is 1.53. The van der Waals surface area contributed by atoms with E-state index in [4.69, 9.17) is 4.74 Å². The average Bonchev–Trinajstić information content (AvgIpc) is 3.36. The summed E-state index contributed by atoms with van der Waals surface area (Å²) in [6.45, 7) is 6.08. The van der Waals surface area contributed by atoms with Gasteiger partial charge in [0.1, 0.15) is 11.5 Å². The van der Waals surface area contributed by atoms with Gasteiger partial charge in [-0.05, 0) is 55.5 Å². The fraction of sp³-hybridized carbons (Fsp3) is 0.231. The lowest BCUT2D eigenvalue weighted by atomic mass is 9.92. The Labute approximate surface area is 191 Å². The third-order valence-corrected chi connectivity index (χ3v) is 6.27. The lowest BCUT2D eigenvalue weighted by Gasteiger charge is -2.26. The average molecular weight is 448 g/mol. The van der Waals surface area contributed by atoms with Gasteiger partial charge in [-0.15, -0.1) is 11.3 Å². The maximum Gasteiger partial charge on any atom is 0.295 e. The van der Waals surface area contributed by atoms with Crippen molar-refractivity contribution in [3.05, 3.63) is 93.2 Å². The van der Waals surface area contributed by atoms with E-state index in [9.17, 15) is 14.7 Å². The molecule has 1 aromatic heterocycles. The molecule has 3 aromatic rings. The zero-order chi connectivity index (χ0) is 22.8. The van der Waals surface area contributed by atoms with Crippen LogP contribution < -0.4 is 4.74 Å². The van der Waals surface area contributed by atoms with Gasteiger partial charge in [-0.3, -0.25) is 9.59 Å². The zero-order valence-electron chi connectivity index (χ0n) is 18.2. The van der Waals surface area contributed by atoms with Crippen LogP contribution in [0.15, 0.2) is 71.6 Å². The Bertz CT molecular complexity index is 1180. The van der Waals surface area contributed by atoms with E-state index in [1.807, 2.05) is 62.5 Å². The van der Waals surface area contributed by atoms with Gasteiger partial charge in [-0.1, -0.05) is 42.5 Å². The van der Waals surface area contributed by atoms with Crippen molar-refractivity contribution in [2.24, 2.45) is 0 Å². The molecule has 0 aliphatic carbocycles. The summed E-state index contributed by atoms with van der Waals surface area (Å²) in [7, 11) is 0. The Morgan fingerprint density at radius 3 is 2.56 bits per heavy atom. The van der Waals surface area contributed by atoms with E-state index in [0.29, 0.717) is 17.9 Å². The molecule has 1 unspecified atom stereocenters. The molecule has 1 fully saturated rings. The minimum absolute atomic E-state index is 0.0317. The molecule has 6 heteroatoms. The number of Topliss-reactive ketones (excluding diaryl/α,β-unsaturated/α-hetero) is 1. The van der Waals surface area contributed by atoms with Crippen LogP contribution in [0, 0.1) is 6.92 Å². The molecule has 1 aliphatic rings. The van der Waals surface area contributed by atoms with Crippen LogP contribution in [-0.4, -0.2) is 27.8 Å². The molecule has 164 valence electrons. The first-order valence-corrected chi connectivity index (χ1v) is 11.4. The SMILES string of the molecule is Cc1ccccc1C1/C(=C(\O)c2cccc(OC(C)C)c2)C(=O)C(=O)N1Cc1cccs1. The van der Waals surface area contributed by atoms with Gasteiger partial charge in [-0.2, -0.15) is 0 Å². The number of hydrogen-bond acceptors (Lipinski definition) is 5. The van der Waals surface area contributed by atoms with Crippen molar-refractivity contribution in [3.8, 4) is 5.75 Å². The lowest BCUT2D eigenvalue weighted by molar-refractivity contribution is -0.140. The second-order valence-electron chi connectivity index (χ2n) is 8.06. The highest BCUT2D eigenvalue weighted by Gasteiger charge is 2.46. The third-order valence-electron chi connectivity index (χ3n) is 5.41. The van der Waals surface area contributed by atoms with Gasteiger partial charge < -0.3 is 14.7 Å². The smallest absolute Gasteiger partial charge is 0.295 e. The normalized spacial score (nSPS) is 17.9. The number of ether oxygens (including phenoxy) is 1. The molecule has 0 radical (unpaired) electrons. The van der Waals surface area contributed by atoms with Gasteiger partial charge in [0.25, 0.3) is 11.7 Å². The van der Waals surface area contributed by atoms with Crippen molar-refractivity contribution >= 4 is 28.8 Å². The minimum Gasteiger partial charge on any atom is -0.507 e. The topological polar surface area (TPSA) is 66.8 Å². The molecule has 0 saturated carbocycles. The highest BCUT2D eigenvalue weighted by atomic mass is 32.1. The van der Waals surface area contributed by atoms with Crippen LogP contribution in [0.2, 0.25) is 0 Å². The monoisotopic (exact) mass is 447 g/mol. The van der Waals surface area contributed by atoms with Crippen LogP contribution in [0.1, 0.15) is 41.5 Å². The number of carbonyl (C=O) groups excluding carboxylic acids is 2. The Balaban J connectivity index is 1.86. The summed E-state index contributed by atoms with van der Waals surface area (Å²) in [4.78, 5) is 28.8. The molecule has 5 nitrogen and oxygen atoms in total. The Morgan fingerprint density at radius 2 is 1.88 bits per heavy atom. The van der Waals surface area contributed by atoms with Crippen LogP contribution in [-0.2, 0) is 16.1 Å². The molecule has 2 heterocycles. The first-order valence-electron chi connectivity index (χ1n) is 10.5. The molecule has 1 amide bonds. The van der Waals surface area contributed by atoms with E-state index in [1.54, 1.807) is 29.2 Å². The number of rotatable bonds is 6. The number of ketones is 1. The maximum absolute atomic E-state index is 13.2. The van der Waals surface area contributed by atoms with Gasteiger partial charge in [0, 0.05) is 10.4 Å². The number of carbonyl (C=O) groups is 2. The van der Waals surface area contributed by atoms with Gasteiger partial charge in [0.05, 0.1) is 24.3 Å². The van der Waals surface area contributed by atoms with Crippen molar-refractivity contribution in [2.45, 2.75) is 39.5 Å². The number of hydrogen-bond donors (Lipinski definition) is 1. The fourth-order valence-corrected chi connectivity index (χ4v) is 4.68. The Kier molecular flexibility index (Phi) is 6.15. The van der Waals surface area contributed by atoms with Crippen molar-refractivity contribution in [1.29, 1.82) is 0 Å². The molecule has 1 atom stereocenters. The van der Waals surface area contributed by atoms with Gasteiger partial charge >= 0.3 is 0 Å². The Hall–Kier alpha value is -3.38. The fourth-order valence-electron chi connectivity index (χ4n) is 3.97. The number of benzene rings is 2. The van der Waals surface area contributed by atoms with Gasteiger partial charge in [0.2, 0.25) is 0 Å². The zero-order valence-corrected chi connectivity index (χ0v) is 19.1. The highest BCUT2D eigenvalue weighted by Crippen LogP contribution is 2.41. The lowest BCUT2D eigenvalue weighted by Crippen LogP contribution is -2.29. The van der Waals surface area contributed by atoms with Crippen molar-refractivity contribution in [3.63, 3.8) is 0 Å². The van der Waals surface area contributed by atoms with E-state index in [-0.39, 0.29) is 17.4 Å². The molecule has 0 bridgehead atoms. The minimum atomic E-state index is -0.678. The quantitative estimate of drug-likeness (QED) is 0.309. The van der Waals surface area contributed by atoms with Crippen LogP contribution in [0.25, 0.3) is 5.76 Å². The van der Waals surface area contributed by atoms with Gasteiger partial charge in [0.15, 0.2) is 0 Å². The third kappa shape index (κ3) is 4.18. The molecular formula is C26H25NO4S. The predicted molar refractivity (Wildman–Crippen MR) is 126 cm³/mol. The van der Waals surface area contributed by atoms with Crippen molar-refractivity contribution in [1.82, 2.24) is 4.90 Å². The predicted octanol–water partition coefficient (Wildman–Crippen LogP) is 5.47. The second kappa shape index (κ2) is 9.01. The maximum atomic E-state index is 13.2. The van der Waals surface area contributed by atoms with E-state index < -0.39 is 17.7 Å². The number of amides is 1. The molecule has 32 heavy (non-hydrogen) atoms. The van der Waals surface area contributed by atoms with E-state index in [0.717, 1.165) is 16.0 Å². The second-order valence-corrected chi connectivity index (χ2v) is 9.09. The van der Waals surface area contributed by atoms with Crippen molar-refractivity contribution in [2.75, 3.05) is 0 Å². The summed E-state index contributed by atoms with van der Waals surface area (Å²) in [6.07, 6.45) is -0.0317. The van der Waals surface area contributed by atoms with E-state index in [2.05, 4.69) is 0 Å². The molecule has 0 spiro atoms. The summed E-state index contributed by atoms with van der Waals surface area (Å²) < 4.78 is 5.74. The summed E-state index contributed by atoms with van der Waals surface area (Å²) in [5.41, 5.74) is 2.30. The molecule has 1 saturated heterocycles. The number of aliphatic hydroxyl groups is 1. The Morgan fingerprint density at radius 1 is 1.09 bits per heavy atom. The van der Waals surface area contributed by atoms with Crippen LogP contribution in [0.5, 0.6) is 5.75 Å². The molecule has 4 rings (SSSR count). The molecular weight excluding hydrogens is 422 g/mol. The standard InChI is InChI=1S/C26H25NO4S/c1-16(2)31-19-10-6-9-18(14-19)24(28)22-23(21-12-5-4-8-17(21)3)27(26(30)25(22)29)15-20-11-7-13-32-20/h4-14,16,23,28H,15H2,1-3H3/b24-22+. The number of aliphatic hydroxyl groups excluding tert-OH is 1. The van der Waals surface area contributed by atoms with E-state index in [1.165, 1.54) is 11.3 Å². The van der Waals surface area contributed by atoms with Crippen LogP contribution in [0.4, 0.5) is 0 Å². The number of aryl methyl sites for hydroxylation is 1. The number of likely N-dealkylation sites (tertiary alicyclic amines) is 1. The first kappa shape index (κ1) is 21.8. The summed E-state index contributed by atoms with van der Waals surface area (Å²) in [5, 5.41) is 13.2. The molecule has 1 aliphatic heterocycles. The van der Waals surface area contributed by atoms with E-state index >= 15 is 0 Å². The van der Waals surface area contributed by atoms with Crippen LogP contribution in [0.3, 0.4) is 0 Å². The first-order chi connectivity index (χ1) is 15.4. The molecule has 2 aromatic carbocycles. The number of thiophene rings is 1. The van der Waals surface area contributed by atoms with Gasteiger partial charge in [-0.25, -0.2) is 0 Å². The highest BCUT2D eigenvalue weighted by molar-refractivity contribution is 7.09. The summed E-state index contributed by atoms with van der Waals surface area (Å²) in [5.74, 6) is -0.894. The number of nitrogens with zero attached hydrogens (tertiary/aromatic N) is 1. The van der Waals surface area contributed by atoms with Crippen LogP contribution >= 0.6 is 11.3 Å². The van der Waals surface area contributed by atoms with Crippen molar-refractivity contribution < 1.29 is 19.4 Å². The largest absolute Gasteiger partial charge is 0.507 e. The summed E-state index contributed by atoms with van der Waals surface area (Å²) in [6, 6.07) is 17.8. The molecule has 1 N–H and O–H groups in total.